The zero-order chi connectivity index (χ0) is 20.1. The summed E-state index contributed by atoms with van der Waals surface area (Å²) in [7, 11) is 1.64. The fourth-order valence-corrected chi connectivity index (χ4v) is 4.08. The first-order chi connectivity index (χ1) is 14.2. The van der Waals surface area contributed by atoms with Gasteiger partial charge in [0.1, 0.15) is 6.54 Å². The number of methoxy groups -OCH3 is 1. The zero-order valence-corrected chi connectivity index (χ0v) is 16.6. The van der Waals surface area contributed by atoms with Gasteiger partial charge in [-0.05, 0) is 17.5 Å². The Morgan fingerprint density at radius 3 is 2.34 bits per heavy atom. The van der Waals surface area contributed by atoms with Crippen molar-refractivity contribution in [3.63, 3.8) is 0 Å². The summed E-state index contributed by atoms with van der Waals surface area (Å²) in [6.45, 7) is 1.43. The van der Waals surface area contributed by atoms with Crippen molar-refractivity contribution < 1.29 is 14.1 Å². The Labute approximate surface area is 170 Å². The molecule has 1 aliphatic heterocycles. The van der Waals surface area contributed by atoms with Gasteiger partial charge in [-0.15, -0.1) is 0 Å². The number of hydrogen-bond donors (Lipinski definition) is 0. The molecule has 0 aliphatic carbocycles. The van der Waals surface area contributed by atoms with Gasteiger partial charge in [0.25, 0.3) is 0 Å². The van der Waals surface area contributed by atoms with Gasteiger partial charge in [0.15, 0.2) is 5.82 Å². The molecule has 0 atom stereocenters. The van der Waals surface area contributed by atoms with Gasteiger partial charge in [-0.2, -0.15) is 4.98 Å². The lowest BCUT2D eigenvalue weighted by Crippen LogP contribution is -2.49. The van der Waals surface area contributed by atoms with E-state index in [1.807, 2.05) is 17.0 Å². The molecule has 0 radical (unpaired) electrons. The maximum Gasteiger partial charge on any atom is 0.246 e. The largest absolute Gasteiger partial charge is 0.384 e. The number of likely N-dealkylation sites (tertiary alicyclic amines) is 1. The van der Waals surface area contributed by atoms with Crippen LogP contribution in [0.3, 0.4) is 0 Å². The average Bonchev–Trinajstić information content (AvgIpc) is 3.22. The second-order valence-electron chi connectivity index (χ2n) is 7.41. The first kappa shape index (κ1) is 19.3. The van der Waals surface area contributed by atoms with E-state index in [9.17, 15) is 4.79 Å². The van der Waals surface area contributed by atoms with Crippen LogP contribution >= 0.6 is 0 Å². The molecule has 29 heavy (non-hydrogen) atoms. The van der Waals surface area contributed by atoms with Crippen molar-refractivity contribution in [2.24, 2.45) is 0 Å². The molecule has 6 heteroatoms. The number of aromatic nitrogens is 2. The normalized spacial score (nSPS) is 16.2. The third-order valence-electron chi connectivity index (χ3n) is 5.60. The zero-order valence-electron chi connectivity index (χ0n) is 16.6. The highest BCUT2D eigenvalue weighted by molar-refractivity contribution is 5.78. The number of nitrogens with zero attached hydrogens (tertiary/aromatic N) is 3. The Kier molecular flexibility index (Phi) is 5.71. The molecule has 2 heterocycles. The van der Waals surface area contributed by atoms with Crippen molar-refractivity contribution in [3.05, 3.63) is 83.5 Å². The van der Waals surface area contributed by atoms with Crippen LogP contribution in [0.5, 0.6) is 0 Å². The molecule has 0 saturated carbocycles. The number of hydrogen-bond acceptors (Lipinski definition) is 5. The van der Waals surface area contributed by atoms with Crippen LogP contribution in [0.15, 0.2) is 65.2 Å². The van der Waals surface area contributed by atoms with Crippen LogP contribution in [-0.4, -0.2) is 41.2 Å². The summed E-state index contributed by atoms with van der Waals surface area (Å²) in [5.74, 6) is 1.18. The summed E-state index contributed by atoms with van der Waals surface area (Å²) in [5.41, 5.74) is 2.18. The fraction of sp³-hybridized carbons (Fsp3) is 0.348. The van der Waals surface area contributed by atoms with Crippen LogP contribution in [0, 0.1) is 0 Å². The molecule has 1 aliphatic rings. The van der Waals surface area contributed by atoms with Crippen LogP contribution in [-0.2, 0) is 27.9 Å². The predicted octanol–water partition coefficient (Wildman–Crippen LogP) is 3.37. The molecule has 4 rings (SSSR count). The van der Waals surface area contributed by atoms with Gasteiger partial charge in [-0.3, -0.25) is 4.79 Å². The highest BCUT2D eigenvalue weighted by atomic mass is 16.5. The van der Waals surface area contributed by atoms with Crippen LogP contribution in [0.25, 0.3) is 0 Å². The highest BCUT2D eigenvalue weighted by Crippen LogP contribution is 2.41. The molecule has 1 fully saturated rings. The molecule has 3 aromatic rings. The topological polar surface area (TPSA) is 68.5 Å². The summed E-state index contributed by atoms with van der Waals surface area (Å²) in [6.07, 6.45) is 1.85. The van der Waals surface area contributed by atoms with Gasteiger partial charge in [0.2, 0.25) is 11.8 Å². The van der Waals surface area contributed by atoms with Gasteiger partial charge >= 0.3 is 0 Å². The van der Waals surface area contributed by atoms with Gasteiger partial charge in [0, 0.05) is 31.9 Å². The quantitative estimate of drug-likeness (QED) is 0.618. The second kappa shape index (κ2) is 8.57. The van der Waals surface area contributed by atoms with Gasteiger partial charge < -0.3 is 14.2 Å². The van der Waals surface area contributed by atoms with E-state index in [4.69, 9.17) is 9.26 Å². The molecular formula is C23H25N3O3. The van der Waals surface area contributed by atoms with Crippen LogP contribution in [0.1, 0.15) is 35.7 Å². The van der Waals surface area contributed by atoms with E-state index in [2.05, 4.69) is 58.7 Å². The molecule has 0 N–H and O–H groups in total. The number of rotatable bonds is 7. The molecule has 1 amide bonds. The minimum absolute atomic E-state index is 0.115. The number of benzene rings is 2. The fourth-order valence-electron chi connectivity index (χ4n) is 4.08. The third-order valence-corrected chi connectivity index (χ3v) is 5.60. The van der Waals surface area contributed by atoms with Gasteiger partial charge in [-0.25, -0.2) is 0 Å². The summed E-state index contributed by atoms with van der Waals surface area (Å²) in [4.78, 5) is 19.0. The third kappa shape index (κ3) is 4.07. The SMILES string of the molecule is COCCc1noc(CN2CC(c3ccccc3)(c3ccccc3)CCC2=O)n1. The number of piperidine rings is 1. The average molecular weight is 391 g/mol. The first-order valence-electron chi connectivity index (χ1n) is 9.90. The van der Waals surface area contributed by atoms with Crippen molar-refractivity contribution in [2.45, 2.75) is 31.2 Å². The molecular weight excluding hydrogens is 366 g/mol. The molecule has 1 aromatic heterocycles. The lowest BCUT2D eigenvalue weighted by molar-refractivity contribution is -0.136. The van der Waals surface area contributed by atoms with E-state index in [0.29, 0.717) is 44.3 Å². The van der Waals surface area contributed by atoms with Gasteiger partial charge in [0.05, 0.1) is 6.61 Å². The maximum absolute atomic E-state index is 12.7. The van der Waals surface area contributed by atoms with E-state index in [0.717, 1.165) is 6.42 Å². The lowest BCUT2D eigenvalue weighted by Gasteiger charge is -2.43. The van der Waals surface area contributed by atoms with E-state index < -0.39 is 0 Å². The van der Waals surface area contributed by atoms with Gasteiger partial charge in [-0.1, -0.05) is 65.8 Å². The Morgan fingerprint density at radius 1 is 1.07 bits per heavy atom. The smallest absolute Gasteiger partial charge is 0.246 e. The molecule has 0 spiro atoms. The molecule has 0 unspecified atom stereocenters. The van der Waals surface area contributed by atoms with Crippen molar-refractivity contribution in [3.8, 4) is 0 Å². The monoisotopic (exact) mass is 391 g/mol. The Bertz CT molecular complexity index is 901. The predicted molar refractivity (Wildman–Crippen MR) is 108 cm³/mol. The highest BCUT2D eigenvalue weighted by Gasteiger charge is 2.41. The molecule has 2 aromatic carbocycles. The van der Waals surface area contributed by atoms with Crippen molar-refractivity contribution in [1.29, 1.82) is 0 Å². The lowest BCUT2D eigenvalue weighted by atomic mass is 9.69. The second-order valence-corrected chi connectivity index (χ2v) is 7.41. The summed E-state index contributed by atoms with van der Waals surface area (Å²) < 4.78 is 10.4. The van der Waals surface area contributed by atoms with E-state index >= 15 is 0 Å². The molecule has 0 bridgehead atoms. The molecule has 1 saturated heterocycles. The number of ether oxygens (including phenoxy) is 1. The molecule has 6 nitrogen and oxygen atoms in total. The van der Waals surface area contributed by atoms with E-state index in [1.165, 1.54) is 11.1 Å². The minimum Gasteiger partial charge on any atom is -0.384 e. The first-order valence-corrected chi connectivity index (χ1v) is 9.90. The summed E-state index contributed by atoms with van der Waals surface area (Å²) >= 11 is 0. The van der Waals surface area contributed by atoms with Crippen LogP contribution < -0.4 is 0 Å². The summed E-state index contributed by atoms with van der Waals surface area (Å²) in [6, 6.07) is 20.9. The molecule has 150 valence electrons. The van der Waals surface area contributed by atoms with E-state index in [-0.39, 0.29) is 11.3 Å². The number of amides is 1. The standard InChI is InChI=1S/C23H25N3O3/c1-28-15-13-20-24-21(29-25-20)16-26-17-23(14-12-22(26)27,18-8-4-2-5-9-18)19-10-6-3-7-11-19/h2-11H,12-17H2,1H3. The Morgan fingerprint density at radius 2 is 1.72 bits per heavy atom. The maximum atomic E-state index is 12.7. The number of carbonyl (C=O) groups excluding carboxylic acids is 1. The Hall–Kier alpha value is -2.99. The van der Waals surface area contributed by atoms with Crippen molar-refractivity contribution >= 4 is 5.91 Å². The van der Waals surface area contributed by atoms with Crippen molar-refractivity contribution in [1.82, 2.24) is 15.0 Å². The number of carbonyl (C=O) groups is 1. The van der Waals surface area contributed by atoms with Crippen LogP contribution in [0.2, 0.25) is 0 Å². The van der Waals surface area contributed by atoms with Crippen LogP contribution in [0.4, 0.5) is 0 Å². The Balaban J connectivity index is 1.62. The van der Waals surface area contributed by atoms with E-state index in [1.54, 1.807) is 7.11 Å². The van der Waals surface area contributed by atoms with Crippen molar-refractivity contribution in [2.75, 3.05) is 20.3 Å². The summed E-state index contributed by atoms with van der Waals surface area (Å²) in [5, 5.41) is 3.99. The minimum atomic E-state index is -0.255.